The first-order chi connectivity index (χ1) is 9.22. The monoisotopic (exact) mass is 254 g/mol. The minimum atomic E-state index is 0.634. The Bertz CT molecular complexity index is 721. The van der Waals surface area contributed by atoms with Crippen LogP contribution in [-0.4, -0.2) is 21.7 Å². The molecular weight excluding hydrogens is 236 g/mol. The van der Waals surface area contributed by atoms with Crippen LogP contribution in [0.15, 0.2) is 24.3 Å². The molecule has 0 saturated carbocycles. The van der Waals surface area contributed by atoms with Gasteiger partial charge in [0.2, 0.25) is 0 Å². The maximum Gasteiger partial charge on any atom is 0.0976 e. The van der Waals surface area contributed by atoms with Gasteiger partial charge in [0, 0.05) is 34.3 Å². The fourth-order valence-electron chi connectivity index (χ4n) is 2.65. The third kappa shape index (κ3) is 1.85. The highest BCUT2D eigenvalue weighted by Gasteiger charge is 2.16. The largest absolute Gasteiger partial charge is 0.358 e. The summed E-state index contributed by atoms with van der Waals surface area (Å²) in [6.45, 7) is 4.83. The summed E-state index contributed by atoms with van der Waals surface area (Å²) in [6, 6.07) is 8.32. The lowest BCUT2D eigenvalue weighted by molar-refractivity contribution is 0.896. The number of hydrogen-bond donors (Lipinski definition) is 3. The molecule has 2 heterocycles. The van der Waals surface area contributed by atoms with Gasteiger partial charge in [-0.1, -0.05) is 18.2 Å². The maximum absolute atomic E-state index is 5.62. The lowest BCUT2D eigenvalue weighted by Gasteiger charge is -2.00. The number of aryl methyl sites for hydroxylation is 1. The molecule has 3 aromatic rings. The van der Waals surface area contributed by atoms with Crippen molar-refractivity contribution in [3.63, 3.8) is 0 Å². The topological polar surface area (TPSA) is 70.5 Å². The van der Waals surface area contributed by atoms with E-state index >= 15 is 0 Å². The molecule has 0 radical (unpaired) electrons. The van der Waals surface area contributed by atoms with Crippen LogP contribution in [0.1, 0.15) is 17.0 Å². The predicted molar refractivity (Wildman–Crippen MR) is 78.1 cm³/mol. The molecule has 98 valence electrons. The number of aromatic nitrogens is 3. The Morgan fingerprint density at radius 3 is 2.79 bits per heavy atom. The Morgan fingerprint density at radius 2 is 2.00 bits per heavy atom. The first-order valence-corrected chi connectivity index (χ1v) is 6.54. The predicted octanol–water partition coefficient (Wildman–Crippen LogP) is 2.68. The zero-order valence-electron chi connectivity index (χ0n) is 11.2. The SMILES string of the molecule is Cc1[nH]c2ccccc2c1-c1n[nH]c(CCN)c1C. The van der Waals surface area contributed by atoms with Crippen LogP contribution in [0.5, 0.6) is 0 Å². The molecule has 0 aliphatic rings. The Kier molecular flexibility index (Phi) is 2.87. The van der Waals surface area contributed by atoms with Gasteiger partial charge in [-0.05, 0) is 32.0 Å². The Labute approximate surface area is 112 Å². The summed E-state index contributed by atoms with van der Waals surface area (Å²) in [7, 11) is 0. The van der Waals surface area contributed by atoms with E-state index in [0.29, 0.717) is 6.54 Å². The fourth-order valence-corrected chi connectivity index (χ4v) is 2.65. The number of nitrogens with one attached hydrogen (secondary N) is 2. The molecule has 3 rings (SSSR count). The smallest absolute Gasteiger partial charge is 0.0976 e. The van der Waals surface area contributed by atoms with Crippen molar-refractivity contribution in [2.24, 2.45) is 5.73 Å². The summed E-state index contributed by atoms with van der Waals surface area (Å²) in [5, 5.41) is 8.82. The molecule has 2 aromatic heterocycles. The highest BCUT2D eigenvalue weighted by atomic mass is 15.1. The maximum atomic E-state index is 5.62. The van der Waals surface area contributed by atoms with E-state index in [1.807, 2.05) is 6.07 Å². The number of aromatic amines is 2. The fraction of sp³-hybridized carbons (Fsp3) is 0.267. The third-order valence-corrected chi connectivity index (χ3v) is 3.64. The number of hydrogen-bond acceptors (Lipinski definition) is 2. The van der Waals surface area contributed by atoms with Gasteiger partial charge in [-0.25, -0.2) is 0 Å². The molecule has 0 fully saturated rings. The zero-order valence-corrected chi connectivity index (χ0v) is 11.2. The lowest BCUT2D eigenvalue weighted by Crippen LogP contribution is -2.03. The Balaban J connectivity index is 2.22. The van der Waals surface area contributed by atoms with E-state index in [0.717, 1.165) is 29.0 Å². The van der Waals surface area contributed by atoms with Gasteiger partial charge in [0.05, 0.1) is 5.69 Å². The standard InChI is InChI=1S/C15H18N4/c1-9-12(7-8-16)18-19-15(9)14-10(2)17-13-6-4-3-5-11(13)14/h3-6,17H,7-8,16H2,1-2H3,(H,18,19). The molecule has 0 aliphatic heterocycles. The summed E-state index contributed by atoms with van der Waals surface area (Å²) in [4.78, 5) is 3.42. The average Bonchev–Trinajstić information content (AvgIpc) is 2.91. The van der Waals surface area contributed by atoms with Crippen LogP contribution in [0.3, 0.4) is 0 Å². The van der Waals surface area contributed by atoms with Crippen molar-refractivity contribution in [2.45, 2.75) is 20.3 Å². The summed E-state index contributed by atoms with van der Waals surface area (Å²) >= 11 is 0. The van der Waals surface area contributed by atoms with Crippen LogP contribution < -0.4 is 5.73 Å². The Morgan fingerprint density at radius 1 is 1.21 bits per heavy atom. The van der Waals surface area contributed by atoms with Crippen molar-refractivity contribution in [1.82, 2.24) is 15.2 Å². The van der Waals surface area contributed by atoms with Gasteiger partial charge in [-0.15, -0.1) is 0 Å². The molecule has 0 saturated heterocycles. The van der Waals surface area contributed by atoms with E-state index in [9.17, 15) is 0 Å². The highest BCUT2D eigenvalue weighted by molar-refractivity contribution is 5.97. The number of fused-ring (bicyclic) bond motifs is 1. The Hall–Kier alpha value is -2.07. The van der Waals surface area contributed by atoms with E-state index in [1.54, 1.807) is 0 Å². The van der Waals surface area contributed by atoms with Gasteiger partial charge >= 0.3 is 0 Å². The second-order valence-electron chi connectivity index (χ2n) is 4.89. The summed E-state index contributed by atoms with van der Waals surface area (Å²) in [5.74, 6) is 0. The number of nitrogens with two attached hydrogens (primary N) is 1. The van der Waals surface area contributed by atoms with Crippen LogP contribution in [-0.2, 0) is 6.42 Å². The van der Waals surface area contributed by atoms with Crippen LogP contribution >= 0.6 is 0 Å². The van der Waals surface area contributed by atoms with Gasteiger partial charge < -0.3 is 10.7 Å². The van der Waals surface area contributed by atoms with Crippen LogP contribution in [0, 0.1) is 13.8 Å². The van der Waals surface area contributed by atoms with Crippen LogP contribution in [0.4, 0.5) is 0 Å². The minimum absolute atomic E-state index is 0.634. The van der Waals surface area contributed by atoms with Crippen molar-refractivity contribution in [2.75, 3.05) is 6.54 Å². The molecular formula is C15H18N4. The van der Waals surface area contributed by atoms with Gasteiger partial charge in [0.15, 0.2) is 0 Å². The second kappa shape index (κ2) is 4.55. The van der Waals surface area contributed by atoms with Crippen molar-refractivity contribution in [3.8, 4) is 11.3 Å². The quantitative estimate of drug-likeness (QED) is 0.672. The minimum Gasteiger partial charge on any atom is -0.358 e. The van der Waals surface area contributed by atoms with Gasteiger partial charge in [0.25, 0.3) is 0 Å². The molecule has 0 atom stereocenters. The summed E-state index contributed by atoms with van der Waals surface area (Å²) in [5.41, 5.74) is 12.5. The number of nitrogens with zero attached hydrogens (tertiary/aromatic N) is 1. The van der Waals surface area contributed by atoms with E-state index < -0.39 is 0 Å². The highest BCUT2D eigenvalue weighted by Crippen LogP contribution is 2.33. The van der Waals surface area contributed by atoms with Crippen LogP contribution in [0.25, 0.3) is 22.2 Å². The average molecular weight is 254 g/mol. The van der Waals surface area contributed by atoms with Gasteiger partial charge in [-0.2, -0.15) is 5.10 Å². The van der Waals surface area contributed by atoms with E-state index in [4.69, 9.17) is 5.73 Å². The molecule has 4 N–H and O–H groups in total. The van der Waals surface area contributed by atoms with Crippen molar-refractivity contribution in [3.05, 3.63) is 41.2 Å². The molecule has 4 nitrogen and oxygen atoms in total. The first-order valence-electron chi connectivity index (χ1n) is 6.54. The summed E-state index contributed by atoms with van der Waals surface area (Å²) in [6.07, 6.45) is 0.834. The number of para-hydroxylation sites is 1. The first kappa shape index (κ1) is 12.0. The molecule has 0 amide bonds. The molecule has 0 bridgehead atoms. The third-order valence-electron chi connectivity index (χ3n) is 3.64. The van der Waals surface area contributed by atoms with E-state index in [2.05, 4.69) is 47.2 Å². The van der Waals surface area contributed by atoms with Crippen molar-refractivity contribution in [1.29, 1.82) is 0 Å². The lowest BCUT2D eigenvalue weighted by atomic mass is 10.0. The molecule has 0 aliphatic carbocycles. The molecule has 1 aromatic carbocycles. The van der Waals surface area contributed by atoms with Crippen molar-refractivity contribution < 1.29 is 0 Å². The molecule has 0 spiro atoms. The number of rotatable bonds is 3. The van der Waals surface area contributed by atoms with Gasteiger partial charge in [-0.3, -0.25) is 5.10 Å². The number of benzene rings is 1. The second-order valence-corrected chi connectivity index (χ2v) is 4.89. The summed E-state index contributed by atoms with van der Waals surface area (Å²) < 4.78 is 0. The molecule has 4 heteroatoms. The normalized spacial score (nSPS) is 11.3. The van der Waals surface area contributed by atoms with E-state index in [-0.39, 0.29) is 0 Å². The van der Waals surface area contributed by atoms with Crippen molar-refractivity contribution >= 4 is 10.9 Å². The number of H-pyrrole nitrogens is 2. The molecule has 19 heavy (non-hydrogen) atoms. The zero-order chi connectivity index (χ0) is 13.4. The molecule has 0 unspecified atom stereocenters. The van der Waals surface area contributed by atoms with Gasteiger partial charge in [0.1, 0.15) is 0 Å². The van der Waals surface area contributed by atoms with E-state index in [1.165, 1.54) is 16.5 Å². The van der Waals surface area contributed by atoms with Crippen LogP contribution in [0.2, 0.25) is 0 Å².